The zero-order valence-corrected chi connectivity index (χ0v) is 12.8. The van der Waals surface area contributed by atoms with E-state index in [0.29, 0.717) is 23.6 Å². The second-order valence-electron chi connectivity index (χ2n) is 5.84. The molecule has 2 aromatic rings. The lowest BCUT2D eigenvalue weighted by Crippen LogP contribution is -2.25. The van der Waals surface area contributed by atoms with Crippen LogP contribution in [0.2, 0.25) is 0 Å². The molecule has 0 aromatic carbocycles. The molecule has 1 fully saturated rings. The van der Waals surface area contributed by atoms with Gasteiger partial charge in [0.05, 0.1) is 11.3 Å². The molecule has 0 radical (unpaired) electrons. The molecule has 0 spiro atoms. The van der Waals surface area contributed by atoms with Crippen LogP contribution in [0.1, 0.15) is 56.7 Å². The van der Waals surface area contributed by atoms with E-state index in [0.717, 1.165) is 31.4 Å². The van der Waals surface area contributed by atoms with Gasteiger partial charge in [0.25, 0.3) is 5.78 Å². The number of aryl methyl sites for hydroxylation is 1. The van der Waals surface area contributed by atoms with Crippen LogP contribution < -0.4 is 5.73 Å². The van der Waals surface area contributed by atoms with E-state index < -0.39 is 5.60 Å². The van der Waals surface area contributed by atoms with Crippen molar-refractivity contribution in [1.82, 2.24) is 19.6 Å². The molecule has 2 aromatic heterocycles. The van der Waals surface area contributed by atoms with Gasteiger partial charge in [0.15, 0.2) is 0 Å². The highest BCUT2D eigenvalue weighted by Gasteiger charge is 2.25. The summed E-state index contributed by atoms with van der Waals surface area (Å²) in [4.78, 5) is 8.51. The van der Waals surface area contributed by atoms with E-state index in [9.17, 15) is 5.11 Å². The molecule has 2 heterocycles. The number of nitrogens with two attached hydrogens (primary N) is 1. The molecule has 1 aliphatic carbocycles. The summed E-state index contributed by atoms with van der Waals surface area (Å²) in [6.45, 7) is 2.00. The van der Waals surface area contributed by atoms with Crippen molar-refractivity contribution in [3.8, 4) is 11.8 Å². The maximum Gasteiger partial charge on any atom is 0.254 e. The first-order valence-corrected chi connectivity index (χ1v) is 7.86. The molecule has 22 heavy (non-hydrogen) atoms. The molecule has 3 rings (SSSR count). The Morgan fingerprint density at radius 3 is 2.73 bits per heavy atom. The fourth-order valence-electron chi connectivity index (χ4n) is 2.92. The topological polar surface area (TPSA) is 89.3 Å². The monoisotopic (exact) mass is 299 g/mol. The third-order valence-corrected chi connectivity index (χ3v) is 4.22. The molecule has 3 N–H and O–H groups in total. The number of aromatic nitrogens is 4. The Morgan fingerprint density at radius 1 is 1.32 bits per heavy atom. The van der Waals surface area contributed by atoms with Crippen molar-refractivity contribution < 1.29 is 5.11 Å². The zero-order chi connectivity index (χ0) is 15.6. The molecule has 116 valence electrons. The van der Waals surface area contributed by atoms with Crippen molar-refractivity contribution in [1.29, 1.82) is 0 Å². The summed E-state index contributed by atoms with van der Waals surface area (Å²) in [5, 5.41) is 14.7. The summed E-state index contributed by atoms with van der Waals surface area (Å²) in [5.41, 5.74) is 6.70. The van der Waals surface area contributed by atoms with Gasteiger partial charge >= 0.3 is 0 Å². The van der Waals surface area contributed by atoms with Crippen LogP contribution in [0, 0.1) is 11.8 Å². The highest BCUT2D eigenvalue weighted by molar-refractivity contribution is 5.58. The minimum absolute atomic E-state index is 0.434. The van der Waals surface area contributed by atoms with Crippen molar-refractivity contribution in [2.45, 2.75) is 57.5 Å². The second-order valence-corrected chi connectivity index (χ2v) is 5.84. The van der Waals surface area contributed by atoms with Gasteiger partial charge in [-0.05, 0) is 32.1 Å². The normalized spacial score (nSPS) is 17.7. The van der Waals surface area contributed by atoms with Crippen LogP contribution in [0.15, 0.2) is 6.33 Å². The Kier molecular flexibility index (Phi) is 3.99. The van der Waals surface area contributed by atoms with Gasteiger partial charge < -0.3 is 10.8 Å². The molecule has 1 aliphatic rings. The number of hydrogen-bond acceptors (Lipinski definition) is 5. The Morgan fingerprint density at radius 2 is 2.05 bits per heavy atom. The summed E-state index contributed by atoms with van der Waals surface area (Å²) in [5.74, 6) is 7.04. The van der Waals surface area contributed by atoms with E-state index in [1.54, 1.807) is 0 Å². The summed E-state index contributed by atoms with van der Waals surface area (Å²) in [7, 11) is 0. The number of fused-ring (bicyclic) bond motifs is 1. The van der Waals surface area contributed by atoms with E-state index in [-0.39, 0.29) is 0 Å². The molecule has 0 amide bonds. The fourth-order valence-corrected chi connectivity index (χ4v) is 2.92. The van der Waals surface area contributed by atoms with Crippen LogP contribution in [-0.4, -0.2) is 30.3 Å². The smallest absolute Gasteiger partial charge is 0.254 e. The molecular weight excluding hydrogens is 278 g/mol. The Bertz CT molecular complexity index is 732. The van der Waals surface area contributed by atoms with Gasteiger partial charge in [0.2, 0.25) is 0 Å². The first kappa shape index (κ1) is 14.8. The lowest BCUT2D eigenvalue weighted by Gasteiger charge is -2.19. The van der Waals surface area contributed by atoms with E-state index in [4.69, 9.17) is 5.73 Å². The molecule has 6 nitrogen and oxygen atoms in total. The highest BCUT2D eigenvalue weighted by Crippen LogP contribution is 2.26. The summed E-state index contributed by atoms with van der Waals surface area (Å²) in [6.07, 6.45) is 7.94. The molecule has 6 heteroatoms. The van der Waals surface area contributed by atoms with Crippen molar-refractivity contribution in [2.75, 3.05) is 5.73 Å². The zero-order valence-electron chi connectivity index (χ0n) is 12.8. The van der Waals surface area contributed by atoms with Crippen LogP contribution in [-0.2, 0) is 6.42 Å². The van der Waals surface area contributed by atoms with Crippen LogP contribution >= 0.6 is 0 Å². The van der Waals surface area contributed by atoms with Gasteiger partial charge in [-0.15, -0.1) is 0 Å². The average Bonchev–Trinajstić information content (AvgIpc) is 2.88. The maximum absolute atomic E-state index is 10.7. The second kappa shape index (κ2) is 5.93. The first-order valence-electron chi connectivity index (χ1n) is 7.86. The number of nitrogens with zero attached hydrogens (tertiary/aromatic N) is 4. The van der Waals surface area contributed by atoms with Crippen molar-refractivity contribution >= 4 is 11.6 Å². The van der Waals surface area contributed by atoms with Gasteiger partial charge in [-0.2, -0.15) is 14.6 Å². The van der Waals surface area contributed by atoms with Crippen LogP contribution in [0.25, 0.3) is 5.78 Å². The Hall–Kier alpha value is -2.13. The summed E-state index contributed by atoms with van der Waals surface area (Å²) in [6, 6.07) is 0. The third-order valence-electron chi connectivity index (χ3n) is 4.22. The largest absolute Gasteiger partial charge is 0.382 e. The highest BCUT2D eigenvalue weighted by atomic mass is 16.3. The molecule has 0 aliphatic heterocycles. The minimum atomic E-state index is -0.911. The molecule has 0 unspecified atom stereocenters. The van der Waals surface area contributed by atoms with Crippen LogP contribution in [0.3, 0.4) is 0 Å². The number of nitrogen functional groups attached to an aromatic ring is 1. The molecule has 0 bridgehead atoms. The number of anilines is 1. The van der Waals surface area contributed by atoms with Gasteiger partial charge in [-0.25, -0.2) is 4.98 Å². The van der Waals surface area contributed by atoms with Gasteiger partial charge in [-0.3, -0.25) is 0 Å². The summed E-state index contributed by atoms with van der Waals surface area (Å²) >= 11 is 0. The maximum atomic E-state index is 10.7. The lowest BCUT2D eigenvalue weighted by molar-refractivity contribution is 0.0849. The SMILES string of the molecule is CCc1nc2ncnn2c(N)c1C#CC1(O)CCCCCC1. The number of aliphatic hydroxyl groups is 1. The molecule has 0 saturated heterocycles. The predicted molar refractivity (Wildman–Crippen MR) is 84.1 cm³/mol. The average molecular weight is 299 g/mol. The van der Waals surface area contributed by atoms with Crippen molar-refractivity contribution in [2.24, 2.45) is 0 Å². The van der Waals surface area contributed by atoms with Crippen LogP contribution in [0.5, 0.6) is 0 Å². The predicted octanol–water partition coefficient (Wildman–Crippen LogP) is 1.71. The molecule has 0 atom stereocenters. The van der Waals surface area contributed by atoms with Crippen molar-refractivity contribution in [3.05, 3.63) is 17.6 Å². The third kappa shape index (κ3) is 2.77. The number of hydrogen-bond donors (Lipinski definition) is 2. The lowest BCUT2D eigenvalue weighted by atomic mass is 9.95. The van der Waals surface area contributed by atoms with Gasteiger partial charge in [-0.1, -0.05) is 31.6 Å². The fraction of sp³-hybridized carbons (Fsp3) is 0.562. The van der Waals surface area contributed by atoms with Crippen LogP contribution in [0.4, 0.5) is 5.82 Å². The van der Waals surface area contributed by atoms with E-state index in [1.165, 1.54) is 23.7 Å². The Balaban J connectivity index is 2.03. The van der Waals surface area contributed by atoms with Gasteiger partial charge in [0, 0.05) is 0 Å². The van der Waals surface area contributed by atoms with Gasteiger partial charge in [0.1, 0.15) is 17.7 Å². The standard InChI is InChI=1S/C16H21N5O/c1-2-13-12(14(17)21-15(20-13)18-11-19-21)7-10-16(22)8-5-3-4-6-9-16/h11,22H,2-6,8-9,17H2,1H3. The van der Waals surface area contributed by atoms with E-state index in [2.05, 4.69) is 26.9 Å². The molecule has 1 saturated carbocycles. The number of rotatable bonds is 1. The van der Waals surface area contributed by atoms with Crippen molar-refractivity contribution in [3.63, 3.8) is 0 Å². The first-order chi connectivity index (χ1) is 10.6. The van der Waals surface area contributed by atoms with E-state index in [1.807, 2.05) is 6.92 Å². The summed E-state index contributed by atoms with van der Waals surface area (Å²) < 4.78 is 1.49. The molecular formula is C16H21N5O. The minimum Gasteiger partial charge on any atom is -0.382 e. The Labute approximate surface area is 129 Å². The quantitative estimate of drug-likeness (QED) is 0.618. The van der Waals surface area contributed by atoms with E-state index >= 15 is 0 Å².